The summed E-state index contributed by atoms with van der Waals surface area (Å²) in [6, 6.07) is 6.97. The quantitative estimate of drug-likeness (QED) is 0.392. The Balaban J connectivity index is 1.64. The third-order valence-electron chi connectivity index (χ3n) is 5.32. The molecule has 1 N–H and O–H groups in total. The van der Waals surface area contributed by atoms with Crippen molar-refractivity contribution in [3.63, 3.8) is 0 Å². The summed E-state index contributed by atoms with van der Waals surface area (Å²) in [6.07, 6.45) is 4.20. The van der Waals surface area contributed by atoms with Gasteiger partial charge in [-0.25, -0.2) is 4.98 Å². The van der Waals surface area contributed by atoms with Crippen LogP contribution < -0.4 is 10.9 Å². The number of benzene rings is 1. The summed E-state index contributed by atoms with van der Waals surface area (Å²) in [5.41, 5.74) is 1.81. The number of hydrogen-bond acceptors (Lipinski definition) is 6. The minimum atomic E-state index is -0.441. The first-order valence-corrected chi connectivity index (χ1v) is 12.3. The van der Waals surface area contributed by atoms with Gasteiger partial charge in [-0.05, 0) is 62.4 Å². The van der Waals surface area contributed by atoms with Crippen molar-refractivity contribution in [1.82, 2.24) is 9.55 Å². The number of methoxy groups -OCH3 is 1. The summed E-state index contributed by atoms with van der Waals surface area (Å²) >= 11 is 8.82. The van der Waals surface area contributed by atoms with Crippen molar-refractivity contribution < 1.29 is 9.53 Å². The van der Waals surface area contributed by atoms with E-state index in [1.165, 1.54) is 22.2 Å². The fraction of sp³-hybridized carbons (Fsp3) is 0.409. The topological polar surface area (TPSA) is 73.2 Å². The number of ether oxygens (including phenoxy) is 1. The van der Waals surface area contributed by atoms with Crippen LogP contribution in [0.3, 0.4) is 0 Å². The molecule has 1 aromatic carbocycles. The van der Waals surface area contributed by atoms with E-state index in [1.807, 2.05) is 6.92 Å². The summed E-state index contributed by atoms with van der Waals surface area (Å²) in [7, 11) is 1.61. The number of nitrogens with zero attached hydrogens (tertiary/aromatic N) is 2. The van der Waals surface area contributed by atoms with Crippen molar-refractivity contribution in [1.29, 1.82) is 0 Å². The molecule has 1 aliphatic carbocycles. The second-order valence-electron chi connectivity index (χ2n) is 7.49. The fourth-order valence-electron chi connectivity index (χ4n) is 3.68. The fourth-order valence-corrected chi connectivity index (χ4v) is 6.04. The minimum absolute atomic E-state index is 0.0331. The molecule has 0 aliphatic heterocycles. The SMILES string of the molecule is COCCn1c(S[C@H](C)C(=O)Nc2ccc(Cl)cc2)nc2sc3c(c2c1=O)CCCC3. The molecule has 1 amide bonds. The lowest BCUT2D eigenvalue weighted by molar-refractivity contribution is -0.115. The average Bonchev–Trinajstić information content (AvgIpc) is 3.13. The standard InChI is InChI=1S/C22H24ClN3O3S2/c1-13(19(27)24-15-9-7-14(23)8-10-15)30-22-25-20-18(21(28)26(22)11-12-29-2)16-5-3-4-6-17(16)31-20/h7-10,13H,3-6,11-12H2,1-2H3,(H,24,27)/t13-/m1/s1. The van der Waals surface area contributed by atoms with Crippen LogP contribution in [0.15, 0.2) is 34.2 Å². The van der Waals surface area contributed by atoms with Crippen molar-refractivity contribution in [3.05, 3.63) is 50.1 Å². The van der Waals surface area contributed by atoms with Crippen LogP contribution in [-0.2, 0) is 28.9 Å². The van der Waals surface area contributed by atoms with E-state index in [2.05, 4.69) is 5.32 Å². The molecule has 0 saturated carbocycles. The van der Waals surface area contributed by atoms with Gasteiger partial charge < -0.3 is 10.1 Å². The molecule has 1 aliphatic rings. The van der Waals surface area contributed by atoms with Gasteiger partial charge in [0.1, 0.15) is 4.83 Å². The van der Waals surface area contributed by atoms with Gasteiger partial charge in [-0.3, -0.25) is 14.2 Å². The number of thioether (sulfide) groups is 1. The van der Waals surface area contributed by atoms with Crippen molar-refractivity contribution in [2.75, 3.05) is 19.0 Å². The largest absolute Gasteiger partial charge is 0.383 e. The van der Waals surface area contributed by atoms with E-state index < -0.39 is 5.25 Å². The number of rotatable bonds is 7. The van der Waals surface area contributed by atoms with Crippen LogP contribution in [0.1, 0.15) is 30.2 Å². The van der Waals surface area contributed by atoms with Crippen LogP contribution in [-0.4, -0.2) is 34.4 Å². The molecule has 4 rings (SSSR count). The molecule has 2 heterocycles. The lowest BCUT2D eigenvalue weighted by atomic mass is 9.97. The van der Waals surface area contributed by atoms with Crippen molar-refractivity contribution in [3.8, 4) is 0 Å². The second-order valence-corrected chi connectivity index (χ2v) is 10.3. The normalized spacial score (nSPS) is 14.4. The molecule has 0 spiro atoms. The zero-order valence-electron chi connectivity index (χ0n) is 17.4. The van der Waals surface area contributed by atoms with Gasteiger partial charge in [-0.1, -0.05) is 23.4 Å². The van der Waals surface area contributed by atoms with E-state index in [9.17, 15) is 9.59 Å². The smallest absolute Gasteiger partial charge is 0.263 e. The van der Waals surface area contributed by atoms with Gasteiger partial charge in [-0.2, -0.15) is 0 Å². The van der Waals surface area contributed by atoms with Gasteiger partial charge in [0.25, 0.3) is 5.56 Å². The number of amides is 1. The summed E-state index contributed by atoms with van der Waals surface area (Å²) in [4.78, 5) is 33.0. The number of fused-ring (bicyclic) bond motifs is 3. The van der Waals surface area contributed by atoms with E-state index >= 15 is 0 Å². The molecule has 31 heavy (non-hydrogen) atoms. The average molecular weight is 478 g/mol. The molecule has 9 heteroatoms. The number of halogens is 1. The molecule has 0 saturated heterocycles. The highest BCUT2D eigenvalue weighted by Gasteiger charge is 2.24. The van der Waals surface area contributed by atoms with E-state index in [1.54, 1.807) is 47.3 Å². The highest BCUT2D eigenvalue weighted by Crippen LogP contribution is 2.35. The van der Waals surface area contributed by atoms with E-state index in [0.717, 1.165) is 35.9 Å². The van der Waals surface area contributed by atoms with E-state index in [-0.39, 0.29) is 11.5 Å². The predicted molar refractivity (Wildman–Crippen MR) is 128 cm³/mol. The monoisotopic (exact) mass is 477 g/mol. The highest BCUT2D eigenvalue weighted by atomic mass is 35.5. The summed E-state index contributed by atoms with van der Waals surface area (Å²) < 4.78 is 6.88. The van der Waals surface area contributed by atoms with Crippen molar-refractivity contribution >= 4 is 56.5 Å². The Kier molecular flexibility index (Phi) is 7.01. The van der Waals surface area contributed by atoms with Crippen LogP contribution in [0.25, 0.3) is 10.2 Å². The maximum absolute atomic E-state index is 13.4. The molecule has 0 unspecified atom stereocenters. The second kappa shape index (κ2) is 9.73. The zero-order valence-corrected chi connectivity index (χ0v) is 19.8. The Morgan fingerprint density at radius 3 is 2.81 bits per heavy atom. The molecule has 6 nitrogen and oxygen atoms in total. The summed E-state index contributed by atoms with van der Waals surface area (Å²) in [5.74, 6) is -0.162. The summed E-state index contributed by atoms with van der Waals surface area (Å²) in [5, 5.41) is 4.35. The van der Waals surface area contributed by atoms with Gasteiger partial charge >= 0.3 is 0 Å². The molecule has 1 atom stereocenters. The van der Waals surface area contributed by atoms with Crippen LogP contribution in [0.2, 0.25) is 5.02 Å². The predicted octanol–water partition coefficient (Wildman–Crippen LogP) is 4.76. The van der Waals surface area contributed by atoms with Gasteiger partial charge in [0.15, 0.2) is 5.16 Å². The molecule has 0 bridgehead atoms. The minimum Gasteiger partial charge on any atom is -0.383 e. The van der Waals surface area contributed by atoms with Gasteiger partial charge in [0.2, 0.25) is 5.91 Å². The number of thiophene rings is 1. The molecular formula is C22H24ClN3O3S2. The van der Waals surface area contributed by atoms with Crippen LogP contribution in [0.4, 0.5) is 5.69 Å². The lowest BCUT2D eigenvalue weighted by Crippen LogP contribution is -2.28. The molecule has 164 valence electrons. The molecular weight excluding hydrogens is 454 g/mol. The number of carbonyl (C=O) groups is 1. The number of anilines is 1. The molecule has 3 aromatic rings. The molecule has 0 fully saturated rings. The first-order valence-electron chi connectivity index (χ1n) is 10.2. The lowest BCUT2D eigenvalue weighted by Gasteiger charge is -2.16. The number of carbonyl (C=O) groups excluding carboxylic acids is 1. The van der Waals surface area contributed by atoms with Gasteiger partial charge in [-0.15, -0.1) is 11.3 Å². The first-order chi connectivity index (χ1) is 15.0. The van der Waals surface area contributed by atoms with Crippen molar-refractivity contribution in [2.45, 2.75) is 49.6 Å². The van der Waals surface area contributed by atoms with E-state index in [4.69, 9.17) is 21.3 Å². The Hall–Kier alpha value is -1.87. The third kappa shape index (κ3) is 4.82. The van der Waals surface area contributed by atoms with E-state index in [0.29, 0.717) is 29.0 Å². The number of aryl methyl sites for hydroxylation is 2. The first kappa shape index (κ1) is 22.3. The Labute approximate surface area is 194 Å². The highest BCUT2D eigenvalue weighted by molar-refractivity contribution is 8.00. The van der Waals surface area contributed by atoms with Gasteiger partial charge in [0, 0.05) is 22.7 Å². The number of nitrogens with one attached hydrogen (secondary N) is 1. The zero-order chi connectivity index (χ0) is 22.0. The number of hydrogen-bond donors (Lipinski definition) is 1. The van der Waals surface area contributed by atoms with Crippen LogP contribution >= 0.6 is 34.7 Å². The van der Waals surface area contributed by atoms with Crippen molar-refractivity contribution in [2.24, 2.45) is 0 Å². The Morgan fingerprint density at radius 2 is 2.06 bits per heavy atom. The maximum Gasteiger partial charge on any atom is 0.263 e. The van der Waals surface area contributed by atoms with Crippen LogP contribution in [0.5, 0.6) is 0 Å². The Bertz CT molecular complexity index is 1160. The molecule has 2 aromatic heterocycles. The third-order valence-corrected chi connectivity index (χ3v) is 7.85. The maximum atomic E-state index is 13.4. The number of aromatic nitrogens is 2. The van der Waals surface area contributed by atoms with Gasteiger partial charge in [0.05, 0.1) is 23.8 Å². The summed E-state index contributed by atoms with van der Waals surface area (Å²) in [6.45, 7) is 2.61. The molecule has 0 radical (unpaired) electrons. The Morgan fingerprint density at radius 1 is 1.32 bits per heavy atom. The van der Waals surface area contributed by atoms with Crippen LogP contribution in [0, 0.1) is 0 Å².